The van der Waals surface area contributed by atoms with Crippen molar-refractivity contribution in [3.05, 3.63) is 71.7 Å². The van der Waals surface area contributed by atoms with E-state index in [9.17, 15) is 5.11 Å². The van der Waals surface area contributed by atoms with Crippen molar-refractivity contribution < 1.29 is 9.63 Å². The van der Waals surface area contributed by atoms with Crippen LogP contribution in [0, 0.1) is 11.8 Å². The van der Waals surface area contributed by atoms with Gasteiger partial charge in [-0.1, -0.05) is 47.3 Å². The van der Waals surface area contributed by atoms with Gasteiger partial charge in [0.1, 0.15) is 5.60 Å². The molecule has 0 aliphatic heterocycles. The van der Waals surface area contributed by atoms with E-state index >= 15 is 0 Å². The van der Waals surface area contributed by atoms with E-state index < -0.39 is 5.60 Å². The van der Waals surface area contributed by atoms with Gasteiger partial charge in [0.05, 0.1) is 40.2 Å². The van der Waals surface area contributed by atoms with Gasteiger partial charge in [0.15, 0.2) is 5.76 Å². The van der Waals surface area contributed by atoms with E-state index in [1.54, 1.807) is 31.4 Å². The van der Waals surface area contributed by atoms with E-state index in [1.807, 2.05) is 54.9 Å². The van der Waals surface area contributed by atoms with Crippen LogP contribution in [-0.2, 0) is 6.54 Å². The van der Waals surface area contributed by atoms with Crippen molar-refractivity contribution in [1.82, 2.24) is 14.7 Å². The van der Waals surface area contributed by atoms with Crippen molar-refractivity contribution in [2.24, 2.45) is 0 Å². The lowest BCUT2D eigenvalue weighted by molar-refractivity contribution is 0.143. The molecule has 140 valence electrons. The molecule has 4 aromatic rings. The van der Waals surface area contributed by atoms with Crippen LogP contribution in [0.25, 0.3) is 21.8 Å². The number of aliphatic hydroxyl groups is 1. The van der Waals surface area contributed by atoms with Gasteiger partial charge in [-0.2, -0.15) is 0 Å². The Hall–Kier alpha value is -3.14. The molecule has 6 heteroatoms. The Bertz CT molecular complexity index is 1120. The van der Waals surface area contributed by atoms with Crippen molar-refractivity contribution >= 4 is 11.3 Å². The molecule has 0 amide bonds. The first-order valence-corrected chi connectivity index (χ1v) is 9.67. The monoisotopic (exact) mass is 389 g/mol. The predicted octanol–water partition coefficient (Wildman–Crippen LogP) is 4.44. The number of aromatic nitrogens is 3. The number of rotatable bonds is 4. The van der Waals surface area contributed by atoms with Crippen LogP contribution < -0.4 is 0 Å². The molecule has 0 fully saturated rings. The fourth-order valence-electron chi connectivity index (χ4n) is 2.81. The van der Waals surface area contributed by atoms with Crippen molar-refractivity contribution in [3.8, 4) is 33.7 Å². The molecule has 0 bridgehead atoms. The largest absolute Gasteiger partial charge is 0.378 e. The molecule has 5 nitrogen and oxygen atoms in total. The van der Waals surface area contributed by atoms with Crippen LogP contribution in [0.1, 0.15) is 24.5 Å². The van der Waals surface area contributed by atoms with Crippen LogP contribution >= 0.6 is 11.3 Å². The number of hydrogen-bond donors (Lipinski definition) is 1. The van der Waals surface area contributed by atoms with E-state index in [0.29, 0.717) is 6.54 Å². The maximum absolute atomic E-state index is 9.85. The highest BCUT2D eigenvalue weighted by atomic mass is 32.1. The Morgan fingerprint density at radius 3 is 2.68 bits per heavy atom. The van der Waals surface area contributed by atoms with Gasteiger partial charge in [-0.05, 0) is 26.0 Å². The Labute approximate surface area is 167 Å². The maximum Gasteiger partial charge on any atom is 0.156 e. The molecule has 3 heterocycles. The minimum absolute atomic E-state index is 0.539. The summed E-state index contributed by atoms with van der Waals surface area (Å²) < 4.78 is 7.34. The number of imidazole rings is 1. The summed E-state index contributed by atoms with van der Waals surface area (Å²) in [5, 5.41) is 13.6. The Balaban J connectivity index is 1.78. The van der Waals surface area contributed by atoms with Gasteiger partial charge in [-0.15, -0.1) is 11.3 Å². The molecule has 3 aromatic heterocycles. The molecular weight excluding hydrogens is 370 g/mol. The highest BCUT2D eigenvalue weighted by Gasteiger charge is 2.18. The van der Waals surface area contributed by atoms with Crippen molar-refractivity contribution in [2.75, 3.05) is 0 Å². The van der Waals surface area contributed by atoms with Crippen LogP contribution in [0.15, 0.2) is 65.6 Å². The van der Waals surface area contributed by atoms with Gasteiger partial charge in [-0.25, -0.2) is 4.98 Å². The molecule has 0 saturated heterocycles. The fourth-order valence-corrected chi connectivity index (χ4v) is 3.73. The lowest BCUT2D eigenvalue weighted by Gasteiger charge is -2.07. The minimum atomic E-state index is -1.02. The van der Waals surface area contributed by atoms with Crippen molar-refractivity contribution in [3.63, 3.8) is 0 Å². The second-order valence-corrected chi connectivity index (χ2v) is 7.97. The maximum atomic E-state index is 9.85. The molecule has 0 aliphatic rings. The number of nitrogens with zero attached hydrogens (tertiary/aromatic N) is 3. The highest BCUT2D eigenvalue weighted by molar-refractivity contribution is 7.16. The van der Waals surface area contributed by atoms with Crippen molar-refractivity contribution in [2.45, 2.75) is 26.0 Å². The van der Waals surface area contributed by atoms with Gasteiger partial charge in [0.2, 0.25) is 0 Å². The van der Waals surface area contributed by atoms with Gasteiger partial charge < -0.3 is 14.2 Å². The topological polar surface area (TPSA) is 64.1 Å². The fraction of sp³-hybridized carbons (Fsp3) is 0.182. The first-order valence-electron chi connectivity index (χ1n) is 8.85. The number of hydrogen-bond acceptors (Lipinski definition) is 5. The molecule has 0 radical (unpaired) electrons. The highest BCUT2D eigenvalue weighted by Crippen LogP contribution is 2.35. The molecule has 0 spiro atoms. The average molecular weight is 389 g/mol. The first kappa shape index (κ1) is 18.2. The molecule has 0 aliphatic carbocycles. The quantitative estimate of drug-likeness (QED) is 0.524. The predicted molar refractivity (Wildman–Crippen MR) is 110 cm³/mol. The van der Waals surface area contributed by atoms with Crippen LogP contribution in [0.4, 0.5) is 0 Å². The summed E-state index contributed by atoms with van der Waals surface area (Å²) in [6.07, 6.45) is 3.46. The molecule has 28 heavy (non-hydrogen) atoms. The second kappa shape index (κ2) is 7.47. The number of benzene rings is 1. The van der Waals surface area contributed by atoms with Crippen LogP contribution in [0.3, 0.4) is 0 Å². The molecule has 1 aromatic carbocycles. The zero-order valence-corrected chi connectivity index (χ0v) is 16.4. The van der Waals surface area contributed by atoms with Gasteiger partial charge in [-0.3, -0.25) is 0 Å². The zero-order valence-electron chi connectivity index (χ0n) is 15.6. The summed E-state index contributed by atoms with van der Waals surface area (Å²) in [7, 11) is 0. The zero-order chi connectivity index (χ0) is 19.6. The van der Waals surface area contributed by atoms with Crippen LogP contribution in [0.5, 0.6) is 0 Å². The summed E-state index contributed by atoms with van der Waals surface area (Å²) in [6.45, 7) is 3.89. The van der Waals surface area contributed by atoms with Crippen molar-refractivity contribution in [1.29, 1.82) is 0 Å². The smallest absolute Gasteiger partial charge is 0.156 e. The minimum Gasteiger partial charge on any atom is -0.378 e. The van der Waals surface area contributed by atoms with E-state index in [0.717, 1.165) is 32.5 Å². The molecule has 1 N–H and O–H groups in total. The summed E-state index contributed by atoms with van der Waals surface area (Å²) in [5.41, 5.74) is 1.94. The second-order valence-electron chi connectivity index (χ2n) is 6.89. The van der Waals surface area contributed by atoms with E-state index in [4.69, 9.17) is 4.52 Å². The molecule has 0 atom stereocenters. The van der Waals surface area contributed by atoms with Crippen LogP contribution in [0.2, 0.25) is 0 Å². The van der Waals surface area contributed by atoms with Crippen LogP contribution in [-0.4, -0.2) is 25.4 Å². The summed E-state index contributed by atoms with van der Waals surface area (Å²) in [4.78, 5) is 6.61. The lowest BCUT2D eigenvalue weighted by Crippen LogP contribution is -2.14. The van der Waals surface area contributed by atoms with E-state index in [1.165, 1.54) is 0 Å². The molecular formula is C22H19N3O2S. The normalized spacial score (nSPS) is 11.2. The third kappa shape index (κ3) is 4.06. The lowest BCUT2D eigenvalue weighted by atomic mass is 10.1. The SMILES string of the molecule is CC(C)(O)C#Cc1ccc(-c2c(-c3ccccc3)ncn2Cc2ccno2)s1. The Morgan fingerprint density at radius 1 is 1.14 bits per heavy atom. The summed E-state index contributed by atoms with van der Waals surface area (Å²) >= 11 is 1.58. The number of thiophene rings is 1. The third-order valence-corrected chi connectivity index (χ3v) is 5.04. The molecule has 0 saturated carbocycles. The summed E-state index contributed by atoms with van der Waals surface area (Å²) in [6, 6.07) is 16.0. The first-order chi connectivity index (χ1) is 13.5. The van der Waals surface area contributed by atoms with Gasteiger partial charge >= 0.3 is 0 Å². The third-order valence-electron chi connectivity index (χ3n) is 4.03. The van der Waals surface area contributed by atoms with E-state index in [2.05, 4.69) is 26.5 Å². The Kier molecular flexibility index (Phi) is 4.86. The van der Waals surface area contributed by atoms with Gasteiger partial charge in [0, 0.05) is 11.6 Å². The standard InChI is InChI=1S/C22H19N3O2S/c1-22(2,26)12-10-18-8-9-19(28-18)21-20(16-6-4-3-5-7-16)23-15-25(21)14-17-11-13-24-27-17/h3-9,11,13,15,26H,14H2,1-2H3. The van der Waals surface area contributed by atoms with E-state index in [-0.39, 0.29) is 0 Å². The average Bonchev–Trinajstić information content (AvgIpc) is 3.41. The summed E-state index contributed by atoms with van der Waals surface area (Å²) in [5.74, 6) is 6.68. The Morgan fingerprint density at radius 2 is 1.96 bits per heavy atom. The molecule has 0 unspecified atom stereocenters. The molecule has 4 rings (SSSR count). The van der Waals surface area contributed by atoms with Gasteiger partial charge in [0.25, 0.3) is 0 Å².